The molecule has 0 aliphatic rings. The third kappa shape index (κ3) is 41.5. The quantitative estimate of drug-likeness (QED) is 0.251. The van der Waals surface area contributed by atoms with Crippen molar-refractivity contribution in [2.24, 2.45) is 16.2 Å². The van der Waals surface area contributed by atoms with E-state index in [4.69, 9.17) is 0 Å². The maximum atomic E-state index is 4.25. The largest absolute Gasteiger partial charge is 0.265 e. The van der Waals surface area contributed by atoms with Crippen LogP contribution in [0.2, 0.25) is 0 Å². The Morgan fingerprint density at radius 2 is 0.756 bits per heavy atom. The highest BCUT2D eigenvalue weighted by Gasteiger charge is 2.14. The SMILES string of the molecule is CC(C)(C)C.CC(C)(C)C.CC(C)(C)C.CC(C)(C)c1ccccn1.CC(C)(C)c1cccnc1.CC(C)(C)c1ccncc1. The lowest BCUT2D eigenvalue weighted by molar-refractivity contribution is 0.469. The van der Waals surface area contributed by atoms with E-state index in [9.17, 15) is 0 Å². The first kappa shape index (κ1) is 46.9. The minimum Gasteiger partial charge on any atom is -0.265 e. The van der Waals surface area contributed by atoms with Crippen LogP contribution in [0.1, 0.15) is 162 Å². The van der Waals surface area contributed by atoms with Gasteiger partial charge in [0.15, 0.2) is 0 Å². The zero-order valence-electron chi connectivity index (χ0n) is 33.8. The highest BCUT2D eigenvalue weighted by molar-refractivity contribution is 5.19. The Labute approximate surface area is 282 Å². The molecule has 3 nitrogen and oxygen atoms in total. The van der Waals surface area contributed by atoms with Crippen LogP contribution in [-0.4, -0.2) is 15.0 Å². The van der Waals surface area contributed by atoms with Crippen LogP contribution < -0.4 is 0 Å². The minimum absolute atomic E-state index is 0.182. The molecule has 45 heavy (non-hydrogen) atoms. The number of nitrogens with zero attached hydrogens (tertiary/aromatic N) is 3. The summed E-state index contributed by atoms with van der Waals surface area (Å²) >= 11 is 0. The third-order valence-corrected chi connectivity index (χ3v) is 4.51. The summed E-state index contributed by atoms with van der Waals surface area (Å²) in [4.78, 5) is 12.3. The molecular formula is C42H75N3. The Morgan fingerprint density at radius 1 is 0.356 bits per heavy atom. The predicted octanol–water partition coefficient (Wildman–Crippen LogP) is 13.3. The summed E-state index contributed by atoms with van der Waals surface area (Å²) in [5.74, 6) is 0. The van der Waals surface area contributed by atoms with Gasteiger partial charge in [-0.3, -0.25) is 15.0 Å². The summed E-state index contributed by atoms with van der Waals surface area (Å²) in [6.45, 7) is 45.9. The summed E-state index contributed by atoms with van der Waals surface area (Å²) in [7, 11) is 0. The molecule has 0 spiro atoms. The van der Waals surface area contributed by atoms with Gasteiger partial charge in [-0.05, 0) is 68.5 Å². The van der Waals surface area contributed by atoms with Gasteiger partial charge in [-0.25, -0.2) is 0 Å². The third-order valence-electron chi connectivity index (χ3n) is 4.51. The molecular weight excluding hydrogens is 546 g/mol. The molecule has 3 heterocycles. The average Bonchev–Trinajstić information content (AvgIpc) is 2.82. The summed E-state index contributed by atoms with van der Waals surface area (Å²) < 4.78 is 0. The second kappa shape index (κ2) is 20.5. The van der Waals surface area contributed by atoms with Gasteiger partial charge in [0, 0.05) is 42.1 Å². The average molecular weight is 622 g/mol. The molecule has 0 aliphatic heterocycles. The summed E-state index contributed by atoms with van der Waals surface area (Å²) in [6, 6.07) is 14.2. The van der Waals surface area contributed by atoms with Crippen LogP contribution in [-0.2, 0) is 16.2 Å². The summed E-state index contributed by atoms with van der Waals surface area (Å²) in [5, 5.41) is 0. The summed E-state index contributed by atoms with van der Waals surface area (Å²) in [6.07, 6.45) is 9.22. The fourth-order valence-electron chi connectivity index (χ4n) is 2.46. The maximum absolute atomic E-state index is 4.25. The molecule has 3 aromatic heterocycles. The van der Waals surface area contributed by atoms with Gasteiger partial charge in [-0.1, -0.05) is 158 Å². The molecule has 0 aliphatic carbocycles. The van der Waals surface area contributed by atoms with Crippen LogP contribution in [0.5, 0.6) is 0 Å². The molecule has 258 valence electrons. The van der Waals surface area contributed by atoms with Crippen LogP contribution >= 0.6 is 0 Å². The van der Waals surface area contributed by atoms with Gasteiger partial charge in [0.25, 0.3) is 0 Å². The highest BCUT2D eigenvalue weighted by atomic mass is 14.7. The van der Waals surface area contributed by atoms with E-state index in [0.717, 1.165) is 5.69 Å². The van der Waals surface area contributed by atoms with Gasteiger partial charge in [0.1, 0.15) is 0 Å². The number of hydrogen-bond acceptors (Lipinski definition) is 3. The molecule has 3 aromatic rings. The Balaban J connectivity index is -0.000000486. The summed E-state index contributed by atoms with van der Waals surface area (Å²) in [5.41, 5.74) is 5.94. The number of rotatable bonds is 0. The van der Waals surface area contributed by atoms with Crippen molar-refractivity contribution >= 4 is 0 Å². The molecule has 0 amide bonds. The predicted molar refractivity (Wildman–Crippen MR) is 204 cm³/mol. The van der Waals surface area contributed by atoms with Gasteiger partial charge < -0.3 is 0 Å². The van der Waals surface area contributed by atoms with E-state index in [1.165, 1.54) is 11.1 Å². The number of hydrogen-bond donors (Lipinski definition) is 0. The van der Waals surface area contributed by atoms with E-state index in [0.29, 0.717) is 16.2 Å². The second-order valence-corrected chi connectivity index (χ2v) is 19.4. The van der Waals surface area contributed by atoms with Crippen molar-refractivity contribution in [2.45, 2.75) is 162 Å². The normalized spacial score (nSPS) is 11.7. The highest BCUT2D eigenvalue weighted by Crippen LogP contribution is 2.21. The van der Waals surface area contributed by atoms with E-state index in [1.54, 1.807) is 6.20 Å². The van der Waals surface area contributed by atoms with E-state index in [1.807, 2.05) is 43.0 Å². The Kier molecular flexibility index (Phi) is 21.4. The van der Waals surface area contributed by atoms with Crippen molar-refractivity contribution in [2.75, 3.05) is 0 Å². The molecule has 0 aromatic carbocycles. The van der Waals surface area contributed by atoms with Crippen molar-refractivity contribution in [3.63, 3.8) is 0 Å². The van der Waals surface area contributed by atoms with E-state index < -0.39 is 0 Å². The van der Waals surface area contributed by atoms with Crippen molar-refractivity contribution in [1.82, 2.24) is 15.0 Å². The number of aromatic nitrogens is 3. The molecule has 3 rings (SSSR count). The van der Waals surface area contributed by atoms with Crippen LogP contribution in [0.4, 0.5) is 0 Å². The Bertz CT molecular complexity index is 913. The zero-order chi connectivity index (χ0) is 36.3. The zero-order valence-corrected chi connectivity index (χ0v) is 33.8. The van der Waals surface area contributed by atoms with Crippen LogP contribution in [0.3, 0.4) is 0 Å². The molecule has 0 saturated heterocycles. The lowest BCUT2D eigenvalue weighted by Crippen LogP contribution is -2.12. The maximum Gasteiger partial charge on any atom is 0.0457 e. The topological polar surface area (TPSA) is 38.7 Å². The molecule has 0 unspecified atom stereocenters. The molecule has 0 fully saturated rings. The molecule has 0 N–H and O–H groups in total. The Morgan fingerprint density at radius 3 is 0.956 bits per heavy atom. The minimum atomic E-state index is 0.182. The van der Waals surface area contributed by atoms with E-state index in [-0.39, 0.29) is 16.2 Å². The van der Waals surface area contributed by atoms with Crippen LogP contribution in [0, 0.1) is 16.2 Å². The number of pyridine rings is 3. The van der Waals surface area contributed by atoms with Crippen molar-refractivity contribution in [3.05, 3.63) is 90.3 Å². The van der Waals surface area contributed by atoms with Crippen LogP contribution in [0.15, 0.2) is 73.4 Å². The van der Waals surface area contributed by atoms with Gasteiger partial charge in [-0.15, -0.1) is 0 Å². The molecule has 0 atom stereocenters. The van der Waals surface area contributed by atoms with E-state index in [2.05, 4.69) is 185 Å². The standard InChI is InChI=1S/3C9H13N.3C5H12/c1-9(2,3)8-4-6-10-7-5-8;1-9(2,3)8-5-4-6-10-7-8;1-9(2,3)8-6-4-5-7-10-8;3*1-5(2,3)4/h3*4-7H,1-3H3;3*1-4H3. The first-order chi connectivity index (χ1) is 19.8. The molecule has 0 saturated carbocycles. The first-order valence-corrected chi connectivity index (χ1v) is 16.5. The smallest absolute Gasteiger partial charge is 0.0457 e. The molecule has 0 radical (unpaired) electrons. The monoisotopic (exact) mass is 622 g/mol. The molecule has 0 bridgehead atoms. The van der Waals surface area contributed by atoms with E-state index >= 15 is 0 Å². The fraction of sp³-hybridized carbons (Fsp3) is 0.643. The fourth-order valence-corrected chi connectivity index (χ4v) is 2.46. The van der Waals surface area contributed by atoms with Gasteiger partial charge >= 0.3 is 0 Å². The van der Waals surface area contributed by atoms with Gasteiger partial charge in [0.2, 0.25) is 0 Å². The van der Waals surface area contributed by atoms with Gasteiger partial charge in [0.05, 0.1) is 0 Å². The van der Waals surface area contributed by atoms with Crippen molar-refractivity contribution in [1.29, 1.82) is 0 Å². The lowest BCUT2D eigenvalue weighted by Gasteiger charge is -2.17. The van der Waals surface area contributed by atoms with Crippen molar-refractivity contribution < 1.29 is 0 Å². The lowest BCUT2D eigenvalue weighted by atomic mass is 9.88. The first-order valence-electron chi connectivity index (χ1n) is 16.5. The second-order valence-electron chi connectivity index (χ2n) is 19.4. The Hall–Kier alpha value is -2.55. The van der Waals surface area contributed by atoms with Crippen LogP contribution in [0.25, 0.3) is 0 Å². The van der Waals surface area contributed by atoms with Crippen molar-refractivity contribution in [3.8, 4) is 0 Å². The molecule has 3 heteroatoms. The van der Waals surface area contributed by atoms with Gasteiger partial charge in [-0.2, -0.15) is 0 Å².